The van der Waals surface area contributed by atoms with E-state index in [-0.39, 0.29) is 5.91 Å². The van der Waals surface area contributed by atoms with E-state index in [1.807, 2.05) is 29.2 Å². The maximum Gasteiger partial charge on any atom is 0.227 e. The largest absolute Gasteiger partial charge is 0.312 e. The number of rotatable bonds is 3. The first kappa shape index (κ1) is 12.3. The van der Waals surface area contributed by atoms with Crippen LogP contribution in [0.3, 0.4) is 0 Å². The molecular formula is C13H13BrN4O. The summed E-state index contributed by atoms with van der Waals surface area (Å²) < 4.78 is 1.69. The molecule has 98 valence electrons. The van der Waals surface area contributed by atoms with Gasteiger partial charge in [0.25, 0.3) is 0 Å². The maximum absolute atomic E-state index is 11.9. The molecule has 1 amide bonds. The number of aromatic nitrogens is 3. The Morgan fingerprint density at radius 1 is 1.26 bits per heavy atom. The van der Waals surface area contributed by atoms with Gasteiger partial charge in [0.2, 0.25) is 5.91 Å². The Bertz CT molecular complexity index is 567. The van der Waals surface area contributed by atoms with Gasteiger partial charge in [-0.2, -0.15) is 5.10 Å². The van der Waals surface area contributed by atoms with Crippen LogP contribution in [0.25, 0.3) is 5.69 Å². The van der Waals surface area contributed by atoms with Gasteiger partial charge >= 0.3 is 0 Å². The van der Waals surface area contributed by atoms with E-state index >= 15 is 0 Å². The van der Waals surface area contributed by atoms with Gasteiger partial charge in [0, 0.05) is 24.0 Å². The fourth-order valence-electron chi connectivity index (χ4n) is 2.26. The van der Waals surface area contributed by atoms with Crippen LogP contribution < -0.4 is 4.90 Å². The number of alkyl halides is 1. The first-order valence-electron chi connectivity index (χ1n) is 6.09. The summed E-state index contributed by atoms with van der Waals surface area (Å²) in [7, 11) is 0. The number of hydrogen-bond donors (Lipinski definition) is 0. The SMILES string of the molecule is O=C1CC(CBr)CN1c1ccc(-n2cncn2)cc1. The van der Waals surface area contributed by atoms with E-state index in [4.69, 9.17) is 0 Å². The van der Waals surface area contributed by atoms with Gasteiger partial charge in [0.15, 0.2) is 0 Å². The molecule has 1 saturated heterocycles. The molecule has 1 fully saturated rings. The molecule has 19 heavy (non-hydrogen) atoms. The normalized spacial score (nSPS) is 19.1. The monoisotopic (exact) mass is 320 g/mol. The Kier molecular flexibility index (Phi) is 3.33. The lowest BCUT2D eigenvalue weighted by Gasteiger charge is -2.16. The Morgan fingerprint density at radius 2 is 2.00 bits per heavy atom. The topological polar surface area (TPSA) is 51.0 Å². The molecule has 0 radical (unpaired) electrons. The van der Waals surface area contributed by atoms with Gasteiger partial charge in [0.1, 0.15) is 12.7 Å². The fraction of sp³-hybridized carbons (Fsp3) is 0.308. The summed E-state index contributed by atoms with van der Waals surface area (Å²) in [6, 6.07) is 7.79. The van der Waals surface area contributed by atoms with Crippen molar-refractivity contribution in [3.63, 3.8) is 0 Å². The summed E-state index contributed by atoms with van der Waals surface area (Å²) in [6.07, 6.45) is 3.77. The predicted octanol–water partition coefficient (Wildman–Crippen LogP) is 2.02. The second-order valence-corrected chi connectivity index (χ2v) is 5.23. The minimum atomic E-state index is 0.193. The van der Waals surface area contributed by atoms with Crippen LogP contribution in [0.1, 0.15) is 6.42 Å². The minimum Gasteiger partial charge on any atom is -0.312 e. The lowest BCUT2D eigenvalue weighted by Crippen LogP contribution is -2.24. The van der Waals surface area contributed by atoms with Crippen molar-refractivity contribution in [2.24, 2.45) is 5.92 Å². The molecular weight excluding hydrogens is 308 g/mol. The Balaban J connectivity index is 1.81. The lowest BCUT2D eigenvalue weighted by atomic mass is 10.2. The van der Waals surface area contributed by atoms with Crippen LogP contribution in [0, 0.1) is 5.92 Å². The third-order valence-electron chi connectivity index (χ3n) is 3.27. The Morgan fingerprint density at radius 3 is 2.58 bits per heavy atom. The van der Waals surface area contributed by atoms with Gasteiger partial charge in [-0.25, -0.2) is 9.67 Å². The van der Waals surface area contributed by atoms with Crippen molar-refractivity contribution in [1.82, 2.24) is 14.8 Å². The van der Waals surface area contributed by atoms with Crippen molar-refractivity contribution in [1.29, 1.82) is 0 Å². The van der Waals surface area contributed by atoms with Crippen LogP contribution in [0.2, 0.25) is 0 Å². The summed E-state index contributed by atoms with van der Waals surface area (Å²) in [5.41, 5.74) is 1.88. The zero-order valence-electron chi connectivity index (χ0n) is 10.2. The number of halogens is 1. The standard InChI is InChI=1S/C13H13BrN4O/c14-6-10-5-13(19)17(7-10)11-1-3-12(4-2-11)18-9-15-8-16-18/h1-4,8-10H,5-7H2. The summed E-state index contributed by atoms with van der Waals surface area (Å²) in [4.78, 5) is 17.7. The quantitative estimate of drug-likeness (QED) is 0.813. The third kappa shape index (κ3) is 2.40. The van der Waals surface area contributed by atoms with Crippen LogP contribution in [0.15, 0.2) is 36.9 Å². The van der Waals surface area contributed by atoms with Gasteiger partial charge in [-0.05, 0) is 30.2 Å². The highest BCUT2D eigenvalue weighted by Crippen LogP contribution is 2.26. The Hall–Kier alpha value is -1.69. The third-order valence-corrected chi connectivity index (χ3v) is 4.18. The molecule has 1 atom stereocenters. The number of carbonyl (C=O) groups excluding carboxylic acids is 1. The van der Waals surface area contributed by atoms with E-state index in [1.54, 1.807) is 11.0 Å². The molecule has 0 bridgehead atoms. The molecule has 0 spiro atoms. The molecule has 5 nitrogen and oxygen atoms in total. The second kappa shape index (κ2) is 5.13. The molecule has 1 aliphatic heterocycles. The molecule has 1 aromatic carbocycles. The number of anilines is 1. The maximum atomic E-state index is 11.9. The van der Waals surface area contributed by atoms with Crippen molar-refractivity contribution in [3.8, 4) is 5.69 Å². The smallest absolute Gasteiger partial charge is 0.227 e. The predicted molar refractivity (Wildman–Crippen MR) is 75.6 cm³/mol. The van der Waals surface area contributed by atoms with Crippen molar-refractivity contribution < 1.29 is 4.79 Å². The van der Waals surface area contributed by atoms with Crippen LogP contribution in [0.4, 0.5) is 5.69 Å². The Labute approximate surface area is 119 Å². The zero-order valence-corrected chi connectivity index (χ0v) is 11.8. The summed E-state index contributed by atoms with van der Waals surface area (Å²) >= 11 is 3.44. The number of nitrogens with zero attached hydrogens (tertiary/aromatic N) is 4. The van der Waals surface area contributed by atoms with Gasteiger partial charge in [-0.3, -0.25) is 4.79 Å². The highest BCUT2D eigenvalue weighted by atomic mass is 79.9. The number of hydrogen-bond acceptors (Lipinski definition) is 3. The lowest BCUT2D eigenvalue weighted by molar-refractivity contribution is -0.117. The summed E-state index contributed by atoms with van der Waals surface area (Å²) in [5.74, 6) is 0.598. The highest BCUT2D eigenvalue weighted by molar-refractivity contribution is 9.09. The van der Waals surface area contributed by atoms with Gasteiger partial charge < -0.3 is 4.90 Å². The second-order valence-electron chi connectivity index (χ2n) is 4.59. The molecule has 2 aromatic rings. The van der Waals surface area contributed by atoms with Crippen molar-refractivity contribution in [2.45, 2.75) is 6.42 Å². The van der Waals surface area contributed by atoms with Crippen LogP contribution in [-0.2, 0) is 4.79 Å². The van der Waals surface area contributed by atoms with E-state index in [0.717, 1.165) is 23.2 Å². The van der Waals surface area contributed by atoms with Crippen molar-refractivity contribution in [2.75, 3.05) is 16.8 Å². The first-order chi connectivity index (χ1) is 9.28. The van der Waals surface area contributed by atoms with Crippen LogP contribution in [-0.4, -0.2) is 32.5 Å². The molecule has 0 saturated carbocycles. The molecule has 1 unspecified atom stereocenters. The van der Waals surface area contributed by atoms with E-state index in [2.05, 4.69) is 26.0 Å². The zero-order chi connectivity index (χ0) is 13.2. The molecule has 3 rings (SSSR count). The van der Waals surface area contributed by atoms with Crippen molar-refractivity contribution in [3.05, 3.63) is 36.9 Å². The summed E-state index contributed by atoms with van der Waals surface area (Å²) in [5, 5.41) is 4.94. The number of amides is 1. The van der Waals surface area contributed by atoms with E-state index < -0.39 is 0 Å². The first-order valence-corrected chi connectivity index (χ1v) is 7.21. The molecule has 2 heterocycles. The van der Waals surface area contributed by atoms with Crippen LogP contribution in [0.5, 0.6) is 0 Å². The van der Waals surface area contributed by atoms with E-state index in [1.165, 1.54) is 6.33 Å². The number of benzene rings is 1. The molecule has 0 aliphatic carbocycles. The van der Waals surface area contributed by atoms with Crippen molar-refractivity contribution >= 4 is 27.5 Å². The average molecular weight is 321 g/mol. The summed E-state index contributed by atoms with van der Waals surface area (Å²) in [6.45, 7) is 0.784. The van der Waals surface area contributed by atoms with E-state index in [9.17, 15) is 4.79 Å². The molecule has 0 N–H and O–H groups in total. The fourth-order valence-corrected chi connectivity index (χ4v) is 2.69. The highest BCUT2D eigenvalue weighted by Gasteiger charge is 2.29. The molecule has 1 aromatic heterocycles. The number of carbonyl (C=O) groups is 1. The van der Waals surface area contributed by atoms with Gasteiger partial charge in [0.05, 0.1) is 5.69 Å². The minimum absolute atomic E-state index is 0.193. The van der Waals surface area contributed by atoms with E-state index in [0.29, 0.717) is 12.3 Å². The van der Waals surface area contributed by atoms with Crippen LogP contribution >= 0.6 is 15.9 Å². The van der Waals surface area contributed by atoms with Gasteiger partial charge in [-0.15, -0.1) is 0 Å². The molecule has 6 heteroatoms. The van der Waals surface area contributed by atoms with Gasteiger partial charge in [-0.1, -0.05) is 15.9 Å². The molecule has 1 aliphatic rings. The average Bonchev–Trinajstić information content (AvgIpc) is 3.08.